The zero-order chi connectivity index (χ0) is 15.5. The van der Waals surface area contributed by atoms with Crippen LogP contribution in [0.3, 0.4) is 0 Å². The van der Waals surface area contributed by atoms with E-state index >= 15 is 0 Å². The van der Waals surface area contributed by atoms with Crippen LogP contribution in [0.15, 0.2) is 24.3 Å². The largest absolute Gasteiger partial charge is 0.372 e. The van der Waals surface area contributed by atoms with E-state index in [-0.39, 0.29) is 5.91 Å². The highest BCUT2D eigenvalue weighted by Gasteiger charge is 2.40. The molecule has 1 aromatic carbocycles. The Morgan fingerprint density at radius 1 is 1.14 bits per heavy atom. The van der Waals surface area contributed by atoms with Gasteiger partial charge in [-0.15, -0.1) is 0 Å². The molecule has 3 rings (SSSR count). The smallest absolute Gasteiger partial charge is 0.224 e. The average molecular weight is 300 g/mol. The number of nitrogens with one attached hydrogen (secondary N) is 1. The summed E-state index contributed by atoms with van der Waals surface area (Å²) in [7, 11) is 0. The summed E-state index contributed by atoms with van der Waals surface area (Å²) in [5.41, 5.74) is 2.14. The van der Waals surface area contributed by atoms with E-state index in [1.165, 1.54) is 31.4 Å². The fourth-order valence-electron chi connectivity index (χ4n) is 4.42. The predicted molar refractivity (Wildman–Crippen MR) is 92.2 cm³/mol. The van der Waals surface area contributed by atoms with Crippen molar-refractivity contribution < 1.29 is 4.79 Å². The minimum Gasteiger partial charge on any atom is -0.372 e. The van der Waals surface area contributed by atoms with Crippen molar-refractivity contribution in [3.05, 3.63) is 24.3 Å². The van der Waals surface area contributed by atoms with Crippen LogP contribution in [-0.4, -0.2) is 19.0 Å². The zero-order valence-electron chi connectivity index (χ0n) is 13.8. The van der Waals surface area contributed by atoms with Gasteiger partial charge in [-0.25, -0.2) is 0 Å². The number of fused-ring (bicyclic) bond motifs is 2. The first-order valence-electron chi connectivity index (χ1n) is 8.84. The molecule has 120 valence electrons. The van der Waals surface area contributed by atoms with Crippen LogP contribution in [0.1, 0.15) is 46.0 Å². The third-order valence-corrected chi connectivity index (χ3v) is 5.61. The first kappa shape index (κ1) is 15.4. The molecule has 0 radical (unpaired) electrons. The number of carbonyl (C=O) groups is 1. The summed E-state index contributed by atoms with van der Waals surface area (Å²) in [6.45, 7) is 6.34. The normalized spacial score (nSPS) is 26.2. The van der Waals surface area contributed by atoms with E-state index < -0.39 is 0 Å². The lowest BCUT2D eigenvalue weighted by Crippen LogP contribution is -2.22. The van der Waals surface area contributed by atoms with Crippen LogP contribution >= 0.6 is 0 Å². The maximum atomic E-state index is 12.3. The first-order chi connectivity index (χ1) is 10.7. The van der Waals surface area contributed by atoms with Gasteiger partial charge in [-0.1, -0.05) is 6.42 Å². The van der Waals surface area contributed by atoms with Crippen LogP contribution < -0.4 is 10.2 Å². The number of rotatable bonds is 6. The number of carbonyl (C=O) groups excluding carboxylic acids is 1. The molecule has 3 atom stereocenters. The van der Waals surface area contributed by atoms with Crippen LogP contribution in [0.4, 0.5) is 11.4 Å². The molecule has 3 heteroatoms. The van der Waals surface area contributed by atoms with Gasteiger partial charge < -0.3 is 10.2 Å². The van der Waals surface area contributed by atoms with Crippen molar-refractivity contribution >= 4 is 17.3 Å². The quantitative estimate of drug-likeness (QED) is 0.849. The fraction of sp³-hybridized carbons (Fsp3) is 0.632. The molecule has 2 saturated carbocycles. The molecule has 22 heavy (non-hydrogen) atoms. The van der Waals surface area contributed by atoms with Crippen LogP contribution in [-0.2, 0) is 4.79 Å². The third-order valence-electron chi connectivity index (χ3n) is 5.61. The molecule has 0 aromatic heterocycles. The fourth-order valence-corrected chi connectivity index (χ4v) is 4.42. The summed E-state index contributed by atoms with van der Waals surface area (Å²) in [4.78, 5) is 14.6. The van der Waals surface area contributed by atoms with Gasteiger partial charge in [0.2, 0.25) is 5.91 Å². The van der Waals surface area contributed by atoms with E-state index in [1.807, 2.05) is 12.1 Å². The van der Waals surface area contributed by atoms with Crippen LogP contribution in [0.2, 0.25) is 0 Å². The Morgan fingerprint density at radius 2 is 1.86 bits per heavy atom. The van der Waals surface area contributed by atoms with Gasteiger partial charge in [-0.05, 0) is 75.1 Å². The van der Waals surface area contributed by atoms with Crippen molar-refractivity contribution in [2.75, 3.05) is 23.3 Å². The maximum absolute atomic E-state index is 12.3. The second-order valence-corrected chi connectivity index (χ2v) is 6.91. The van der Waals surface area contributed by atoms with E-state index in [0.717, 1.165) is 30.6 Å². The molecule has 2 aliphatic rings. The molecule has 0 unspecified atom stereocenters. The number of hydrogen-bond acceptors (Lipinski definition) is 2. The molecule has 1 amide bonds. The van der Waals surface area contributed by atoms with E-state index in [9.17, 15) is 4.79 Å². The minimum absolute atomic E-state index is 0.188. The molecule has 0 spiro atoms. The number of anilines is 2. The first-order valence-corrected chi connectivity index (χ1v) is 8.84. The van der Waals surface area contributed by atoms with E-state index in [0.29, 0.717) is 12.3 Å². The molecular formula is C19H28N2O. The van der Waals surface area contributed by atoms with Gasteiger partial charge in [0.25, 0.3) is 0 Å². The molecule has 2 aliphatic carbocycles. The Bertz CT molecular complexity index is 507. The molecular weight excluding hydrogens is 272 g/mol. The second kappa shape index (κ2) is 6.72. The van der Waals surface area contributed by atoms with Gasteiger partial charge in [0.15, 0.2) is 0 Å². The van der Waals surface area contributed by atoms with E-state index in [2.05, 4.69) is 36.2 Å². The molecule has 2 bridgehead atoms. The van der Waals surface area contributed by atoms with Crippen LogP contribution in [0.25, 0.3) is 0 Å². The lowest BCUT2D eigenvalue weighted by atomic mass is 9.86. The van der Waals surface area contributed by atoms with E-state index in [4.69, 9.17) is 0 Å². The highest BCUT2D eigenvalue weighted by molar-refractivity contribution is 5.91. The average Bonchev–Trinajstić information content (AvgIpc) is 3.12. The van der Waals surface area contributed by atoms with Crippen LogP contribution in [0, 0.1) is 17.8 Å². The molecule has 1 N–H and O–H groups in total. The Morgan fingerprint density at radius 3 is 2.41 bits per heavy atom. The molecule has 1 aromatic rings. The van der Waals surface area contributed by atoms with Crippen molar-refractivity contribution in [3.63, 3.8) is 0 Å². The predicted octanol–water partition coefficient (Wildman–Crippen LogP) is 4.30. The van der Waals surface area contributed by atoms with Gasteiger partial charge in [-0.2, -0.15) is 0 Å². The molecule has 2 fully saturated rings. The summed E-state index contributed by atoms with van der Waals surface area (Å²) < 4.78 is 0. The Labute approximate surface area is 134 Å². The summed E-state index contributed by atoms with van der Waals surface area (Å²) in [5, 5.41) is 3.07. The lowest BCUT2D eigenvalue weighted by molar-refractivity contribution is -0.117. The lowest BCUT2D eigenvalue weighted by Gasteiger charge is -2.22. The third kappa shape index (κ3) is 3.29. The summed E-state index contributed by atoms with van der Waals surface area (Å²) in [6.07, 6.45) is 6.10. The van der Waals surface area contributed by atoms with Crippen molar-refractivity contribution in [2.24, 2.45) is 17.8 Å². The van der Waals surface area contributed by atoms with Crippen molar-refractivity contribution in [1.82, 2.24) is 0 Å². The van der Waals surface area contributed by atoms with Crippen LogP contribution in [0.5, 0.6) is 0 Å². The Kier molecular flexibility index (Phi) is 4.70. The summed E-state index contributed by atoms with van der Waals surface area (Å²) in [6, 6.07) is 8.24. The Hall–Kier alpha value is -1.51. The number of nitrogens with zero attached hydrogens (tertiary/aromatic N) is 1. The Balaban J connectivity index is 1.53. The molecule has 3 nitrogen and oxygen atoms in total. The van der Waals surface area contributed by atoms with Gasteiger partial charge >= 0.3 is 0 Å². The number of hydrogen-bond donors (Lipinski definition) is 1. The topological polar surface area (TPSA) is 32.3 Å². The summed E-state index contributed by atoms with van der Waals surface area (Å²) >= 11 is 0. The molecule has 0 saturated heterocycles. The standard InChI is InChI=1S/C19H28N2O/c1-3-21(4-2)18-9-7-17(8-10-18)20-19(22)13-16-12-14-5-6-15(16)11-14/h7-10,14-16H,3-6,11-13H2,1-2H3,(H,20,22)/t14-,15-,16-/m1/s1. The van der Waals surface area contributed by atoms with Gasteiger partial charge in [-0.3, -0.25) is 4.79 Å². The van der Waals surface area contributed by atoms with Crippen molar-refractivity contribution in [1.29, 1.82) is 0 Å². The molecule has 0 heterocycles. The SMILES string of the molecule is CCN(CC)c1ccc(NC(=O)C[C@H]2C[C@@H]3CC[C@@H]2C3)cc1. The number of amides is 1. The van der Waals surface area contributed by atoms with Crippen molar-refractivity contribution in [3.8, 4) is 0 Å². The zero-order valence-corrected chi connectivity index (χ0v) is 13.8. The van der Waals surface area contributed by atoms with E-state index in [1.54, 1.807) is 0 Å². The van der Waals surface area contributed by atoms with Gasteiger partial charge in [0.1, 0.15) is 0 Å². The van der Waals surface area contributed by atoms with Gasteiger partial charge in [0, 0.05) is 30.9 Å². The van der Waals surface area contributed by atoms with Gasteiger partial charge in [0.05, 0.1) is 0 Å². The molecule has 0 aliphatic heterocycles. The maximum Gasteiger partial charge on any atom is 0.224 e. The van der Waals surface area contributed by atoms with Crippen molar-refractivity contribution in [2.45, 2.75) is 46.0 Å². The minimum atomic E-state index is 0.188. The monoisotopic (exact) mass is 300 g/mol. The summed E-state index contributed by atoms with van der Waals surface area (Å²) in [5.74, 6) is 2.55. The highest BCUT2D eigenvalue weighted by Crippen LogP contribution is 2.49. The highest BCUT2D eigenvalue weighted by atomic mass is 16.1. The second-order valence-electron chi connectivity index (χ2n) is 6.91. The number of benzene rings is 1.